The van der Waals surface area contributed by atoms with Crippen molar-refractivity contribution in [2.75, 3.05) is 7.11 Å². The molecule has 0 aliphatic heterocycles. The van der Waals surface area contributed by atoms with Crippen molar-refractivity contribution in [3.63, 3.8) is 0 Å². The lowest BCUT2D eigenvalue weighted by Gasteiger charge is -2.07. The lowest BCUT2D eigenvalue weighted by Crippen LogP contribution is -2.06. The maximum atomic E-state index is 12.7. The Morgan fingerprint density at radius 2 is 1.68 bits per heavy atom. The van der Waals surface area contributed by atoms with Crippen molar-refractivity contribution in [3.8, 4) is 5.75 Å². The van der Waals surface area contributed by atoms with Crippen molar-refractivity contribution >= 4 is 11.9 Å². The average molecular weight is 290 g/mol. The summed E-state index contributed by atoms with van der Waals surface area (Å²) in [4.78, 5) is 12.7. The number of Topliss-reactive ketones (excluding diaryl/α,β-unsaturated/α-hetero) is 1. The summed E-state index contributed by atoms with van der Waals surface area (Å²) in [7, 11) is 1.64. The lowest BCUT2D eigenvalue weighted by atomic mass is 9.95. The van der Waals surface area contributed by atoms with Crippen LogP contribution in [0.1, 0.15) is 24.0 Å². The highest BCUT2D eigenvalue weighted by Gasteiger charge is 2.28. The van der Waals surface area contributed by atoms with Crippen LogP contribution in [-0.4, -0.2) is 12.9 Å². The predicted octanol–water partition coefficient (Wildman–Crippen LogP) is 4.39. The summed E-state index contributed by atoms with van der Waals surface area (Å²) in [6.07, 6.45) is 4.00. The molecule has 0 aromatic heterocycles. The Balaban J connectivity index is 1.90. The minimum atomic E-state index is -0.161. The molecule has 22 heavy (non-hydrogen) atoms. The zero-order valence-corrected chi connectivity index (χ0v) is 12.7. The van der Waals surface area contributed by atoms with Crippen molar-refractivity contribution in [2.24, 2.45) is 0 Å². The van der Waals surface area contributed by atoms with Gasteiger partial charge in [0.25, 0.3) is 0 Å². The zero-order chi connectivity index (χ0) is 15.5. The Hall–Kier alpha value is -2.61. The molecular formula is C20H18O2. The van der Waals surface area contributed by atoms with Crippen LogP contribution in [0.5, 0.6) is 5.75 Å². The maximum absolute atomic E-state index is 12.7. The van der Waals surface area contributed by atoms with E-state index in [9.17, 15) is 4.79 Å². The van der Waals surface area contributed by atoms with Gasteiger partial charge in [-0.15, -0.1) is 0 Å². The molecule has 0 amide bonds. The first kappa shape index (κ1) is 14.3. The highest BCUT2D eigenvalue weighted by Crippen LogP contribution is 2.34. The van der Waals surface area contributed by atoms with Crippen molar-refractivity contribution in [1.82, 2.24) is 0 Å². The van der Waals surface area contributed by atoms with E-state index in [1.807, 2.05) is 73.7 Å². The monoisotopic (exact) mass is 290 g/mol. The standard InChI is InChI=1S/C20H18O2/c1-14-12-19(16-6-4-3-5-7-16)20(21)18(14)13-15-8-10-17(22-2)11-9-15/h3-13,19H,1-2H3/b18-13-/t19-/m1/s1. The van der Waals surface area contributed by atoms with Crippen LogP contribution in [0, 0.1) is 0 Å². The Labute approximate surface area is 130 Å². The Kier molecular flexibility index (Phi) is 3.92. The van der Waals surface area contributed by atoms with Crippen LogP contribution < -0.4 is 4.74 Å². The first-order valence-electron chi connectivity index (χ1n) is 7.33. The molecule has 0 saturated carbocycles. The molecule has 0 saturated heterocycles. The third-order valence-electron chi connectivity index (χ3n) is 3.97. The van der Waals surface area contributed by atoms with Gasteiger partial charge in [-0.3, -0.25) is 4.79 Å². The van der Waals surface area contributed by atoms with E-state index in [1.165, 1.54) is 0 Å². The minimum absolute atomic E-state index is 0.161. The summed E-state index contributed by atoms with van der Waals surface area (Å²) in [5.74, 6) is 0.819. The summed E-state index contributed by atoms with van der Waals surface area (Å²) < 4.78 is 5.16. The van der Waals surface area contributed by atoms with Crippen LogP contribution in [0.3, 0.4) is 0 Å². The molecule has 0 spiro atoms. The number of ether oxygens (including phenoxy) is 1. The van der Waals surface area contributed by atoms with E-state index in [0.717, 1.165) is 28.0 Å². The summed E-state index contributed by atoms with van der Waals surface area (Å²) in [5, 5.41) is 0. The van der Waals surface area contributed by atoms with Gasteiger partial charge in [-0.1, -0.05) is 48.5 Å². The molecule has 1 aliphatic rings. The number of carbonyl (C=O) groups excluding carboxylic acids is 1. The van der Waals surface area contributed by atoms with Gasteiger partial charge in [0.15, 0.2) is 5.78 Å². The number of benzene rings is 2. The van der Waals surface area contributed by atoms with Crippen LogP contribution in [0.4, 0.5) is 0 Å². The SMILES string of the molecule is COc1ccc(/C=C2\C(=O)[C@@H](c3ccccc3)C=C2C)cc1. The van der Waals surface area contributed by atoms with E-state index >= 15 is 0 Å². The number of hydrogen-bond acceptors (Lipinski definition) is 2. The van der Waals surface area contributed by atoms with Crippen molar-refractivity contribution < 1.29 is 9.53 Å². The second kappa shape index (κ2) is 6.02. The number of ketones is 1. The predicted molar refractivity (Wildman–Crippen MR) is 88.9 cm³/mol. The fraction of sp³-hybridized carbons (Fsp3) is 0.150. The first-order chi connectivity index (χ1) is 10.7. The number of rotatable bonds is 3. The van der Waals surface area contributed by atoms with E-state index < -0.39 is 0 Å². The number of methoxy groups -OCH3 is 1. The molecule has 1 atom stereocenters. The van der Waals surface area contributed by atoms with E-state index in [0.29, 0.717) is 0 Å². The molecule has 0 heterocycles. The lowest BCUT2D eigenvalue weighted by molar-refractivity contribution is -0.115. The molecule has 3 rings (SSSR count). The molecule has 0 bridgehead atoms. The van der Waals surface area contributed by atoms with Crippen LogP contribution in [0.25, 0.3) is 6.08 Å². The normalized spacial score (nSPS) is 19.4. The maximum Gasteiger partial charge on any atom is 0.174 e. The highest BCUT2D eigenvalue weighted by atomic mass is 16.5. The Morgan fingerprint density at radius 1 is 1.00 bits per heavy atom. The number of allylic oxidation sites excluding steroid dienone is 3. The summed E-state index contributed by atoms with van der Waals surface area (Å²) in [6, 6.07) is 17.6. The van der Waals surface area contributed by atoms with Gasteiger partial charge in [-0.2, -0.15) is 0 Å². The van der Waals surface area contributed by atoms with Crippen LogP contribution in [-0.2, 0) is 4.79 Å². The Bertz CT molecular complexity index is 737. The summed E-state index contributed by atoms with van der Waals surface area (Å²) in [6.45, 7) is 2.00. The fourth-order valence-corrected chi connectivity index (χ4v) is 2.74. The highest BCUT2D eigenvalue weighted by molar-refractivity contribution is 6.11. The summed E-state index contributed by atoms with van der Waals surface area (Å²) in [5.41, 5.74) is 3.88. The molecule has 2 heteroatoms. The van der Waals surface area contributed by atoms with E-state index in [1.54, 1.807) is 7.11 Å². The topological polar surface area (TPSA) is 26.3 Å². The van der Waals surface area contributed by atoms with Gasteiger partial charge < -0.3 is 4.74 Å². The largest absolute Gasteiger partial charge is 0.497 e. The van der Waals surface area contributed by atoms with Gasteiger partial charge in [0.1, 0.15) is 5.75 Å². The molecular weight excluding hydrogens is 272 g/mol. The first-order valence-corrected chi connectivity index (χ1v) is 7.33. The van der Waals surface area contributed by atoms with E-state index in [4.69, 9.17) is 4.74 Å². The van der Waals surface area contributed by atoms with Crippen molar-refractivity contribution in [1.29, 1.82) is 0 Å². The van der Waals surface area contributed by atoms with Gasteiger partial charge in [-0.25, -0.2) is 0 Å². The molecule has 2 nitrogen and oxygen atoms in total. The number of hydrogen-bond donors (Lipinski definition) is 0. The second-order valence-corrected chi connectivity index (χ2v) is 5.43. The fourth-order valence-electron chi connectivity index (χ4n) is 2.74. The Morgan fingerprint density at radius 3 is 2.32 bits per heavy atom. The minimum Gasteiger partial charge on any atom is -0.497 e. The molecule has 2 aromatic carbocycles. The molecule has 110 valence electrons. The van der Waals surface area contributed by atoms with Crippen molar-refractivity contribution in [3.05, 3.63) is 82.9 Å². The van der Waals surface area contributed by atoms with Crippen LogP contribution in [0.15, 0.2) is 71.8 Å². The quantitative estimate of drug-likeness (QED) is 0.784. The van der Waals surface area contributed by atoms with Gasteiger partial charge >= 0.3 is 0 Å². The molecule has 0 radical (unpaired) electrons. The third-order valence-corrected chi connectivity index (χ3v) is 3.97. The summed E-state index contributed by atoms with van der Waals surface area (Å²) >= 11 is 0. The third kappa shape index (κ3) is 2.73. The zero-order valence-electron chi connectivity index (χ0n) is 12.7. The molecule has 0 unspecified atom stereocenters. The molecule has 2 aromatic rings. The van der Waals surface area contributed by atoms with Crippen LogP contribution >= 0.6 is 0 Å². The van der Waals surface area contributed by atoms with Crippen molar-refractivity contribution in [2.45, 2.75) is 12.8 Å². The smallest absolute Gasteiger partial charge is 0.174 e. The number of carbonyl (C=O) groups is 1. The van der Waals surface area contributed by atoms with Gasteiger partial charge in [-0.05, 0) is 41.8 Å². The second-order valence-electron chi connectivity index (χ2n) is 5.43. The van der Waals surface area contributed by atoms with Gasteiger partial charge in [0, 0.05) is 5.57 Å². The van der Waals surface area contributed by atoms with E-state index in [-0.39, 0.29) is 11.7 Å². The van der Waals surface area contributed by atoms with Gasteiger partial charge in [0.2, 0.25) is 0 Å². The van der Waals surface area contributed by atoms with Crippen LogP contribution in [0.2, 0.25) is 0 Å². The van der Waals surface area contributed by atoms with Gasteiger partial charge in [0.05, 0.1) is 13.0 Å². The average Bonchev–Trinajstić information content (AvgIpc) is 2.84. The molecule has 0 N–H and O–H groups in total. The molecule has 1 aliphatic carbocycles. The van der Waals surface area contributed by atoms with E-state index in [2.05, 4.69) is 0 Å². The molecule has 0 fully saturated rings.